The fourth-order valence-corrected chi connectivity index (χ4v) is 4.40. The van der Waals surface area contributed by atoms with Crippen LogP contribution in [0.25, 0.3) is 33.3 Å². The van der Waals surface area contributed by atoms with E-state index in [2.05, 4.69) is 30.5 Å². The molecule has 0 unspecified atom stereocenters. The van der Waals surface area contributed by atoms with Crippen LogP contribution in [0.2, 0.25) is 0 Å². The summed E-state index contributed by atoms with van der Waals surface area (Å²) in [5.41, 5.74) is 3.39. The summed E-state index contributed by atoms with van der Waals surface area (Å²) in [6.07, 6.45) is 7.18. The molecule has 3 N–H and O–H groups in total. The molecule has 170 valence electrons. The van der Waals surface area contributed by atoms with Gasteiger partial charge >= 0.3 is 0 Å². The lowest BCUT2D eigenvalue weighted by molar-refractivity contribution is 0.233. The van der Waals surface area contributed by atoms with Crippen molar-refractivity contribution in [2.24, 2.45) is 0 Å². The van der Waals surface area contributed by atoms with Crippen molar-refractivity contribution in [2.45, 2.75) is 6.54 Å². The van der Waals surface area contributed by atoms with Gasteiger partial charge in [-0.2, -0.15) is 0 Å². The van der Waals surface area contributed by atoms with Crippen molar-refractivity contribution < 1.29 is 9.52 Å². The molecule has 0 saturated carbocycles. The molecular formula is C26H24N6O2. The highest BCUT2D eigenvalue weighted by Crippen LogP contribution is 2.38. The Kier molecular flexibility index (Phi) is 5.29. The Hall–Kier alpha value is -4.01. The number of aromatic nitrogens is 3. The molecule has 3 aromatic heterocycles. The molecule has 0 radical (unpaired) electrons. The number of hydrogen-bond donors (Lipinski definition) is 3. The first-order valence-electron chi connectivity index (χ1n) is 11.3. The van der Waals surface area contributed by atoms with Gasteiger partial charge in [0.1, 0.15) is 5.75 Å². The Labute approximate surface area is 196 Å². The molecule has 5 aromatic rings. The van der Waals surface area contributed by atoms with E-state index in [0.717, 1.165) is 65.8 Å². The largest absolute Gasteiger partial charge is 0.507 e. The number of fused-ring (bicyclic) bond motifs is 2. The Morgan fingerprint density at radius 3 is 2.71 bits per heavy atom. The van der Waals surface area contributed by atoms with Gasteiger partial charge in [-0.25, -0.2) is 9.97 Å². The maximum absolute atomic E-state index is 10.1. The lowest BCUT2D eigenvalue weighted by Crippen LogP contribution is -2.42. The maximum atomic E-state index is 10.1. The highest BCUT2D eigenvalue weighted by molar-refractivity contribution is 6.00. The Balaban J connectivity index is 1.34. The summed E-state index contributed by atoms with van der Waals surface area (Å²) in [5, 5.41) is 19.6. The van der Waals surface area contributed by atoms with Crippen molar-refractivity contribution in [3.8, 4) is 17.3 Å². The quantitative estimate of drug-likeness (QED) is 0.363. The molecule has 8 nitrogen and oxygen atoms in total. The molecule has 0 atom stereocenters. The van der Waals surface area contributed by atoms with E-state index in [0.29, 0.717) is 17.2 Å². The molecule has 1 aliphatic heterocycles. The number of phenols is 1. The van der Waals surface area contributed by atoms with E-state index in [1.165, 1.54) is 0 Å². The summed E-state index contributed by atoms with van der Waals surface area (Å²) < 4.78 is 6.15. The highest BCUT2D eigenvalue weighted by atomic mass is 16.3. The van der Waals surface area contributed by atoms with Crippen molar-refractivity contribution in [1.29, 1.82) is 0 Å². The third-order valence-corrected chi connectivity index (χ3v) is 6.14. The first-order valence-corrected chi connectivity index (χ1v) is 11.3. The number of aromatic hydroxyl groups is 1. The summed E-state index contributed by atoms with van der Waals surface area (Å²) >= 11 is 0. The number of hydrogen-bond acceptors (Lipinski definition) is 8. The number of nitrogens with one attached hydrogen (secondary N) is 2. The molecule has 0 bridgehead atoms. The highest BCUT2D eigenvalue weighted by Gasteiger charge is 2.19. The molecule has 0 aliphatic carbocycles. The fraction of sp³-hybridized carbons (Fsp3) is 0.192. The molecule has 34 heavy (non-hydrogen) atoms. The van der Waals surface area contributed by atoms with Crippen LogP contribution in [0.15, 0.2) is 71.7 Å². The molecule has 2 aromatic carbocycles. The van der Waals surface area contributed by atoms with Gasteiger partial charge in [0.25, 0.3) is 0 Å². The average molecular weight is 453 g/mol. The van der Waals surface area contributed by atoms with Crippen LogP contribution in [0.1, 0.15) is 5.56 Å². The van der Waals surface area contributed by atoms with Crippen LogP contribution in [0, 0.1) is 0 Å². The summed E-state index contributed by atoms with van der Waals surface area (Å²) in [6, 6.07) is 13.2. The van der Waals surface area contributed by atoms with E-state index in [1.54, 1.807) is 18.5 Å². The minimum Gasteiger partial charge on any atom is -0.507 e. The van der Waals surface area contributed by atoms with Crippen molar-refractivity contribution in [3.05, 3.63) is 72.8 Å². The second kappa shape index (κ2) is 8.74. The van der Waals surface area contributed by atoms with Crippen LogP contribution in [0.5, 0.6) is 5.75 Å². The number of benzene rings is 2. The molecule has 1 fully saturated rings. The van der Waals surface area contributed by atoms with E-state index in [1.807, 2.05) is 48.8 Å². The maximum Gasteiger partial charge on any atom is 0.197 e. The van der Waals surface area contributed by atoms with Gasteiger partial charge in [-0.1, -0.05) is 12.1 Å². The standard InChI is InChI=1S/C26H24N6O2/c33-22-3-1-2-18-12-19(4-5-20(18)22)31-24-21-6-7-28-15-23(21)34-25(24)26-29-13-17(14-30-26)16-32-10-8-27-9-11-32/h1-7,12-15,27,31,33H,8-11,16H2. The van der Waals surface area contributed by atoms with Crippen LogP contribution < -0.4 is 10.6 Å². The number of piperazine rings is 1. The number of anilines is 2. The van der Waals surface area contributed by atoms with Gasteiger partial charge in [0, 0.05) is 73.3 Å². The summed E-state index contributed by atoms with van der Waals surface area (Å²) in [6.45, 7) is 4.90. The predicted octanol–water partition coefficient (Wildman–Crippen LogP) is 4.29. The minimum atomic E-state index is 0.263. The zero-order chi connectivity index (χ0) is 22.9. The average Bonchev–Trinajstić information content (AvgIpc) is 3.23. The van der Waals surface area contributed by atoms with E-state index in [4.69, 9.17) is 4.42 Å². The van der Waals surface area contributed by atoms with E-state index in [-0.39, 0.29) is 5.75 Å². The smallest absolute Gasteiger partial charge is 0.197 e. The van der Waals surface area contributed by atoms with Crippen molar-refractivity contribution >= 4 is 33.1 Å². The van der Waals surface area contributed by atoms with E-state index >= 15 is 0 Å². The predicted molar refractivity (Wildman–Crippen MR) is 132 cm³/mol. The summed E-state index contributed by atoms with van der Waals surface area (Å²) in [5.74, 6) is 1.34. The van der Waals surface area contributed by atoms with Crippen LogP contribution in [0.4, 0.5) is 11.4 Å². The van der Waals surface area contributed by atoms with E-state index < -0.39 is 0 Å². The third kappa shape index (κ3) is 3.93. The van der Waals surface area contributed by atoms with Gasteiger partial charge in [-0.15, -0.1) is 0 Å². The minimum absolute atomic E-state index is 0.263. The number of phenolic OH excluding ortho intramolecular Hbond substituents is 1. The van der Waals surface area contributed by atoms with Crippen molar-refractivity contribution in [1.82, 2.24) is 25.2 Å². The second-order valence-corrected chi connectivity index (χ2v) is 8.46. The van der Waals surface area contributed by atoms with Gasteiger partial charge in [-0.3, -0.25) is 9.88 Å². The SMILES string of the molecule is Oc1cccc2cc(Nc3c(-c4ncc(CN5CCNCC5)cn4)oc4cnccc34)ccc12. The normalized spacial score (nSPS) is 14.6. The topological polar surface area (TPSA) is 99.3 Å². The van der Waals surface area contributed by atoms with E-state index in [9.17, 15) is 5.11 Å². The molecule has 6 rings (SSSR count). The molecule has 0 spiro atoms. The lowest BCUT2D eigenvalue weighted by atomic mass is 10.1. The zero-order valence-electron chi connectivity index (χ0n) is 18.5. The van der Waals surface area contributed by atoms with Gasteiger partial charge in [0.2, 0.25) is 0 Å². The molecular weight excluding hydrogens is 428 g/mol. The number of nitrogens with zero attached hydrogens (tertiary/aromatic N) is 4. The number of pyridine rings is 1. The number of rotatable bonds is 5. The van der Waals surface area contributed by atoms with Crippen LogP contribution in [-0.2, 0) is 6.54 Å². The Morgan fingerprint density at radius 2 is 1.85 bits per heavy atom. The van der Waals surface area contributed by atoms with Gasteiger partial charge < -0.3 is 20.2 Å². The summed E-state index contributed by atoms with van der Waals surface area (Å²) in [7, 11) is 0. The fourth-order valence-electron chi connectivity index (χ4n) is 4.40. The Bertz CT molecular complexity index is 1460. The van der Waals surface area contributed by atoms with Crippen LogP contribution in [0.3, 0.4) is 0 Å². The molecule has 0 amide bonds. The molecule has 4 heterocycles. The first-order chi connectivity index (χ1) is 16.7. The monoisotopic (exact) mass is 452 g/mol. The van der Waals surface area contributed by atoms with Crippen LogP contribution in [-0.4, -0.2) is 51.1 Å². The molecule has 8 heteroatoms. The lowest BCUT2D eigenvalue weighted by Gasteiger charge is -2.26. The van der Waals surface area contributed by atoms with Gasteiger partial charge in [-0.05, 0) is 35.7 Å². The summed E-state index contributed by atoms with van der Waals surface area (Å²) in [4.78, 5) is 15.9. The van der Waals surface area contributed by atoms with Crippen molar-refractivity contribution in [3.63, 3.8) is 0 Å². The Morgan fingerprint density at radius 1 is 1.00 bits per heavy atom. The first kappa shape index (κ1) is 20.6. The zero-order valence-corrected chi connectivity index (χ0v) is 18.5. The van der Waals surface area contributed by atoms with Crippen LogP contribution >= 0.6 is 0 Å². The van der Waals surface area contributed by atoms with Crippen molar-refractivity contribution in [2.75, 3.05) is 31.5 Å². The molecule has 1 aliphatic rings. The van der Waals surface area contributed by atoms with Gasteiger partial charge in [0.05, 0.1) is 11.9 Å². The van der Waals surface area contributed by atoms with Gasteiger partial charge in [0.15, 0.2) is 17.2 Å². The molecule has 1 saturated heterocycles. The number of furan rings is 1. The third-order valence-electron chi connectivity index (χ3n) is 6.14. The second-order valence-electron chi connectivity index (χ2n) is 8.46.